The van der Waals surface area contributed by atoms with Crippen molar-refractivity contribution in [1.82, 2.24) is 25.1 Å². The van der Waals surface area contributed by atoms with Crippen LogP contribution >= 0.6 is 12.2 Å². The smallest absolute Gasteiger partial charge is 0.223 e. The van der Waals surface area contributed by atoms with E-state index in [0.717, 1.165) is 17.8 Å². The van der Waals surface area contributed by atoms with E-state index in [9.17, 15) is 4.79 Å². The molecule has 2 heterocycles. The second-order valence-electron chi connectivity index (χ2n) is 6.34. The van der Waals surface area contributed by atoms with Gasteiger partial charge in [0.15, 0.2) is 4.77 Å². The van der Waals surface area contributed by atoms with Crippen LogP contribution in [-0.4, -0.2) is 32.2 Å². The van der Waals surface area contributed by atoms with E-state index in [4.69, 9.17) is 12.2 Å². The number of nitrogens with one attached hydrogen (secondary N) is 2. The van der Waals surface area contributed by atoms with E-state index in [1.54, 1.807) is 6.20 Å². The highest BCUT2D eigenvalue weighted by molar-refractivity contribution is 7.71. The highest BCUT2D eigenvalue weighted by Crippen LogP contribution is 2.47. The highest BCUT2D eigenvalue weighted by Gasteiger charge is 2.43. The SMILES string of the molecule is O=C(NCCn1c(C2CC2)n[nH]c1=S)C1CC1c1cccnc1. The first-order valence-electron chi connectivity index (χ1n) is 8.07. The van der Waals surface area contributed by atoms with E-state index in [2.05, 4.69) is 20.5 Å². The summed E-state index contributed by atoms with van der Waals surface area (Å²) in [6, 6.07) is 3.96. The number of rotatable bonds is 6. The lowest BCUT2D eigenvalue weighted by Gasteiger charge is -2.08. The first kappa shape index (κ1) is 14.6. The van der Waals surface area contributed by atoms with Gasteiger partial charge in [0.1, 0.15) is 5.82 Å². The molecule has 7 heteroatoms. The molecule has 2 N–H and O–H groups in total. The molecule has 0 aromatic carbocycles. The van der Waals surface area contributed by atoms with Gasteiger partial charge in [-0.2, -0.15) is 5.10 Å². The van der Waals surface area contributed by atoms with Gasteiger partial charge in [0.2, 0.25) is 5.91 Å². The molecule has 2 aromatic rings. The molecule has 0 saturated heterocycles. The van der Waals surface area contributed by atoms with Gasteiger partial charge in [-0.25, -0.2) is 0 Å². The van der Waals surface area contributed by atoms with Crippen molar-refractivity contribution in [2.75, 3.05) is 6.54 Å². The molecule has 120 valence electrons. The number of aromatic amines is 1. The third-order valence-corrected chi connectivity index (χ3v) is 4.92. The minimum atomic E-state index is 0.0828. The number of hydrogen-bond donors (Lipinski definition) is 2. The molecule has 2 fully saturated rings. The predicted molar refractivity (Wildman–Crippen MR) is 87.5 cm³/mol. The molecule has 2 aliphatic carbocycles. The lowest BCUT2D eigenvalue weighted by atomic mass is 10.1. The van der Waals surface area contributed by atoms with Gasteiger partial charge in [-0.3, -0.25) is 14.9 Å². The summed E-state index contributed by atoms with van der Waals surface area (Å²) >= 11 is 5.27. The molecule has 2 aliphatic rings. The van der Waals surface area contributed by atoms with Crippen LogP contribution in [0.4, 0.5) is 0 Å². The van der Waals surface area contributed by atoms with Crippen molar-refractivity contribution in [3.63, 3.8) is 0 Å². The van der Waals surface area contributed by atoms with Gasteiger partial charge in [-0.15, -0.1) is 0 Å². The summed E-state index contributed by atoms with van der Waals surface area (Å²) in [5, 5.41) is 10.2. The molecule has 4 rings (SSSR count). The Morgan fingerprint density at radius 3 is 3.09 bits per heavy atom. The average Bonchev–Trinajstić information content (AvgIpc) is 3.47. The van der Waals surface area contributed by atoms with Crippen LogP contribution in [0.2, 0.25) is 0 Å². The molecule has 0 bridgehead atoms. The molecule has 0 aliphatic heterocycles. The van der Waals surface area contributed by atoms with Crippen LogP contribution < -0.4 is 5.32 Å². The van der Waals surface area contributed by atoms with Crippen LogP contribution in [-0.2, 0) is 11.3 Å². The minimum Gasteiger partial charge on any atom is -0.354 e. The van der Waals surface area contributed by atoms with E-state index in [1.165, 1.54) is 12.8 Å². The van der Waals surface area contributed by atoms with Gasteiger partial charge in [-0.1, -0.05) is 6.07 Å². The van der Waals surface area contributed by atoms with Gasteiger partial charge >= 0.3 is 0 Å². The zero-order valence-electron chi connectivity index (χ0n) is 12.7. The van der Waals surface area contributed by atoms with Crippen molar-refractivity contribution in [2.24, 2.45) is 5.92 Å². The number of H-pyrrole nitrogens is 1. The maximum absolute atomic E-state index is 12.2. The fourth-order valence-corrected chi connectivity index (χ4v) is 3.30. The minimum absolute atomic E-state index is 0.0828. The van der Waals surface area contributed by atoms with E-state index in [0.29, 0.717) is 29.7 Å². The second kappa shape index (κ2) is 5.88. The Kier molecular flexibility index (Phi) is 3.72. The normalized spacial score (nSPS) is 22.8. The maximum Gasteiger partial charge on any atom is 0.223 e. The Bertz CT molecular complexity index is 764. The Hall–Kier alpha value is -2.02. The van der Waals surface area contributed by atoms with Gasteiger partial charge in [-0.05, 0) is 49.0 Å². The topological polar surface area (TPSA) is 75.6 Å². The summed E-state index contributed by atoms with van der Waals surface area (Å²) in [7, 11) is 0. The Morgan fingerprint density at radius 1 is 1.48 bits per heavy atom. The first-order chi connectivity index (χ1) is 11.2. The molecule has 2 unspecified atom stereocenters. The number of nitrogens with zero attached hydrogens (tertiary/aromatic N) is 3. The number of pyridine rings is 1. The lowest BCUT2D eigenvalue weighted by Crippen LogP contribution is -2.29. The van der Waals surface area contributed by atoms with Crippen LogP contribution in [0.15, 0.2) is 24.5 Å². The molecule has 1 amide bonds. The van der Waals surface area contributed by atoms with Gasteiger partial charge in [0.25, 0.3) is 0 Å². The standard InChI is InChI=1S/C16H19N5OS/c22-15(13-8-12(13)11-2-1-5-17-9-11)18-6-7-21-14(10-3-4-10)19-20-16(21)23/h1-2,5,9-10,12-13H,3-4,6-8H2,(H,18,22)(H,20,23). The zero-order chi connectivity index (χ0) is 15.8. The fraction of sp³-hybridized carbons (Fsp3) is 0.500. The third-order valence-electron chi connectivity index (χ3n) is 4.60. The molecular weight excluding hydrogens is 310 g/mol. The van der Waals surface area contributed by atoms with Crippen LogP contribution in [0.25, 0.3) is 0 Å². The molecule has 23 heavy (non-hydrogen) atoms. The van der Waals surface area contributed by atoms with Gasteiger partial charge in [0, 0.05) is 37.3 Å². The molecule has 6 nitrogen and oxygen atoms in total. The lowest BCUT2D eigenvalue weighted by molar-refractivity contribution is -0.122. The van der Waals surface area contributed by atoms with Crippen molar-refractivity contribution in [1.29, 1.82) is 0 Å². The summed E-state index contributed by atoms with van der Waals surface area (Å²) in [5.41, 5.74) is 1.15. The fourth-order valence-electron chi connectivity index (χ4n) is 3.07. The van der Waals surface area contributed by atoms with E-state index < -0.39 is 0 Å². The quantitative estimate of drug-likeness (QED) is 0.796. The number of carbonyl (C=O) groups excluding carboxylic acids is 1. The van der Waals surface area contributed by atoms with Crippen LogP contribution in [0.3, 0.4) is 0 Å². The zero-order valence-corrected chi connectivity index (χ0v) is 13.6. The Morgan fingerprint density at radius 2 is 2.35 bits per heavy atom. The molecule has 2 atom stereocenters. The van der Waals surface area contributed by atoms with Crippen molar-refractivity contribution in [3.8, 4) is 0 Å². The Labute approximate surface area is 139 Å². The molecule has 2 saturated carbocycles. The van der Waals surface area contributed by atoms with Crippen molar-refractivity contribution >= 4 is 18.1 Å². The van der Waals surface area contributed by atoms with Crippen molar-refractivity contribution < 1.29 is 4.79 Å². The van der Waals surface area contributed by atoms with Gasteiger partial charge in [0.05, 0.1) is 0 Å². The van der Waals surface area contributed by atoms with E-state index in [1.807, 2.05) is 22.9 Å². The summed E-state index contributed by atoms with van der Waals surface area (Å²) in [6.07, 6.45) is 6.88. The van der Waals surface area contributed by atoms with Crippen LogP contribution in [0.1, 0.15) is 42.5 Å². The maximum atomic E-state index is 12.2. The summed E-state index contributed by atoms with van der Waals surface area (Å²) < 4.78 is 2.65. The first-order valence-corrected chi connectivity index (χ1v) is 8.47. The summed E-state index contributed by atoms with van der Waals surface area (Å²) in [6.45, 7) is 1.26. The van der Waals surface area contributed by atoms with E-state index in [-0.39, 0.29) is 11.8 Å². The number of amides is 1. The monoisotopic (exact) mass is 329 g/mol. The van der Waals surface area contributed by atoms with Gasteiger partial charge < -0.3 is 9.88 Å². The van der Waals surface area contributed by atoms with Crippen molar-refractivity contribution in [3.05, 3.63) is 40.7 Å². The number of aromatic nitrogens is 4. The molecular formula is C16H19N5OS. The average molecular weight is 329 g/mol. The molecule has 0 radical (unpaired) electrons. The van der Waals surface area contributed by atoms with Crippen molar-refractivity contribution in [2.45, 2.75) is 37.6 Å². The third kappa shape index (κ3) is 3.06. The molecule has 2 aromatic heterocycles. The largest absolute Gasteiger partial charge is 0.354 e. The molecule has 0 spiro atoms. The van der Waals surface area contributed by atoms with E-state index >= 15 is 0 Å². The summed E-state index contributed by atoms with van der Waals surface area (Å²) in [4.78, 5) is 16.4. The van der Waals surface area contributed by atoms with Crippen LogP contribution in [0, 0.1) is 10.7 Å². The number of hydrogen-bond acceptors (Lipinski definition) is 4. The summed E-state index contributed by atoms with van der Waals surface area (Å²) in [5.74, 6) is 2.10. The predicted octanol–water partition coefficient (Wildman–Crippen LogP) is 2.13. The second-order valence-corrected chi connectivity index (χ2v) is 6.73. The van der Waals surface area contributed by atoms with Crippen LogP contribution in [0.5, 0.6) is 0 Å². The Balaban J connectivity index is 1.30. The highest BCUT2D eigenvalue weighted by atomic mass is 32.1. The number of carbonyl (C=O) groups is 1.